The van der Waals surface area contributed by atoms with Gasteiger partial charge in [-0.3, -0.25) is 0 Å². The molecule has 6 N–H and O–H groups in total. The van der Waals surface area contributed by atoms with Gasteiger partial charge in [0.05, 0.1) is 12.1 Å². The van der Waals surface area contributed by atoms with Gasteiger partial charge in [0.15, 0.2) is 0 Å². The van der Waals surface area contributed by atoms with Crippen molar-refractivity contribution in [3.8, 4) is 5.75 Å². The number of carbonyl (C=O) groups excluding carboxylic acids is 1. The lowest BCUT2D eigenvalue weighted by molar-refractivity contribution is -0.189. The highest BCUT2D eigenvalue weighted by Crippen LogP contribution is 2.23. The second-order valence-electron chi connectivity index (χ2n) is 5.55. The van der Waals surface area contributed by atoms with Gasteiger partial charge in [-0.1, -0.05) is 0 Å². The molecule has 1 aromatic carbocycles. The van der Waals surface area contributed by atoms with Crippen LogP contribution in [0, 0.1) is 0 Å². The van der Waals surface area contributed by atoms with E-state index in [0.29, 0.717) is 5.69 Å². The first-order chi connectivity index (χ1) is 10.8. The topological polar surface area (TPSA) is 134 Å². The van der Waals surface area contributed by atoms with E-state index < -0.39 is 30.3 Å². The largest absolute Gasteiger partial charge is 0.507 e. The quantitative estimate of drug-likeness (QED) is 0.277. The minimum Gasteiger partial charge on any atom is -0.507 e. The highest BCUT2D eigenvalue weighted by molar-refractivity contribution is 5.93. The number of nitrogen functional groups attached to an aromatic ring is 1. The summed E-state index contributed by atoms with van der Waals surface area (Å²) in [5, 5.41) is 32.6. The Morgan fingerprint density at radius 3 is 2.74 bits per heavy atom. The monoisotopic (exact) mass is 326 g/mol. The molecule has 0 saturated carbocycles. The van der Waals surface area contributed by atoms with Gasteiger partial charge >= 0.3 is 5.97 Å². The van der Waals surface area contributed by atoms with Gasteiger partial charge in [-0.25, -0.2) is 4.79 Å². The second kappa shape index (κ2) is 7.14. The smallest absolute Gasteiger partial charge is 0.342 e. The number of hydrogen-bond acceptors (Lipinski definition) is 8. The Morgan fingerprint density at radius 1 is 1.39 bits per heavy atom. The molecule has 1 aromatic rings. The van der Waals surface area contributed by atoms with Gasteiger partial charge in [0, 0.05) is 5.69 Å². The van der Waals surface area contributed by atoms with Gasteiger partial charge in [-0.15, -0.1) is 0 Å². The maximum absolute atomic E-state index is 12.0. The van der Waals surface area contributed by atoms with E-state index in [-0.39, 0.29) is 24.0 Å². The minimum absolute atomic E-state index is 0.0722. The summed E-state index contributed by atoms with van der Waals surface area (Å²) in [7, 11) is 1.66. The summed E-state index contributed by atoms with van der Waals surface area (Å²) in [5.41, 5.74) is 5.81. The van der Waals surface area contributed by atoms with Crippen molar-refractivity contribution in [2.24, 2.45) is 0 Å². The van der Waals surface area contributed by atoms with E-state index in [1.54, 1.807) is 14.0 Å². The fraction of sp³-hybridized carbons (Fsp3) is 0.533. The van der Waals surface area contributed by atoms with Gasteiger partial charge in [0.25, 0.3) is 0 Å². The summed E-state index contributed by atoms with van der Waals surface area (Å²) in [6.07, 6.45) is -3.49. The average molecular weight is 326 g/mol. The van der Waals surface area contributed by atoms with Crippen LogP contribution in [0.25, 0.3) is 0 Å². The maximum Gasteiger partial charge on any atom is 0.342 e. The molecule has 8 nitrogen and oxygen atoms in total. The molecular formula is C15H22N2O6. The second-order valence-corrected chi connectivity index (χ2v) is 5.55. The molecule has 5 atom stereocenters. The van der Waals surface area contributed by atoms with E-state index in [9.17, 15) is 20.1 Å². The molecule has 1 saturated heterocycles. The first-order valence-corrected chi connectivity index (χ1v) is 7.29. The van der Waals surface area contributed by atoms with Gasteiger partial charge in [0.2, 0.25) is 0 Å². The average Bonchev–Trinajstić information content (AvgIpc) is 2.52. The number of phenolic OH excluding ortho intramolecular Hbond substituents is 1. The van der Waals surface area contributed by atoms with Crippen molar-refractivity contribution in [3.63, 3.8) is 0 Å². The summed E-state index contributed by atoms with van der Waals surface area (Å²) in [5.74, 6) is -1.04. The molecule has 0 aromatic heterocycles. The first-order valence-electron chi connectivity index (χ1n) is 7.29. The summed E-state index contributed by atoms with van der Waals surface area (Å²) >= 11 is 0. The van der Waals surface area contributed by atoms with E-state index in [2.05, 4.69) is 5.32 Å². The molecule has 0 aliphatic carbocycles. The Morgan fingerprint density at radius 2 is 2.09 bits per heavy atom. The minimum atomic E-state index is -1.20. The Hall–Kier alpha value is -1.87. The lowest BCUT2D eigenvalue weighted by atomic mass is 9.94. The number of esters is 1. The molecule has 1 fully saturated rings. The van der Waals surface area contributed by atoms with Crippen LogP contribution in [0.1, 0.15) is 17.3 Å². The number of phenols is 1. The van der Waals surface area contributed by atoms with Gasteiger partial charge in [-0.05, 0) is 32.2 Å². The zero-order chi connectivity index (χ0) is 17.1. The molecule has 128 valence electrons. The number of likely N-dealkylation sites (N-methyl/N-ethyl adjacent to an activating group) is 1. The number of aliphatic hydroxyl groups excluding tert-OH is 2. The van der Waals surface area contributed by atoms with Crippen molar-refractivity contribution < 1.29 is 29.6 Å². The predicted molar refractivity (Wildman–Crippen MR) is 82.0 cm³/mol. The highest BCUT2D eigenvalue weighted by Gasteiger charge is 2.42. The Balaban J connectivity index is 2.00. The molecule has 0 radical (unpaired) electrons. The van der Waals surface area contributed by atoms with Crippen LogP contribution in [-0.4, -0.2) is 65.4 Å². The number of anilines is 1. The number of benzene rings is 1. The van der Waals surface area contributed by atoms with Crippen LogP contribution in [0.2, 0.25) is 0 Å². The molecule has 1 heterocycles. The third-order valence-electron chi connectivity index (χ3n) is 3.95. The molecule has 2 rings (SSSR count). The van der Waals surface area contributed by atoms with Crippen molar-refractivity contribution >= 4 is 11.7 Å². The number of nitrogens with two attached hydrogens (primary N) is 1. The Kier molecular flexibility index (Phi) is 5.42. The van der Waals surface area contributed by atoms with Crippen molar-refractivity contribution in [3.05, 3.63) is 23.8 Å². The van der Waals surface area contributed by atoms with Gasteiger partial charge < -0.3 is 35.8 Å². The van der Waals surface area contributed by atoms with Crippen molar-refractivity contribution in [2.75, 3.05) is 19.4 Å². The van der Waals surface area contributed by atoms with E-state index in [0.717, 1.165) is 0 Å². The van der Waals surface area contributed by atoms with Crippen LogP contribution in [0.3, 0.4) is 0 Å². The number of nitrogens with one attached hydrogen (secondary N) is 1. The van der Waals surface area contributed by atoms with E-state index in [1.165, 1.54) is 18.2 Å². The van der Waals surface area contributed by atoms with Gasteiger partial charge in [0.1, 0.15) is 36.2 Å². The summed E-state index contributed by atoms with van der Waals surface area (Å²) in [6, 6.07) is 3.62. The number of carbonyl (C=O) groups is 1. The van der Waals surface area contributed by atoms with E-state index >= 15 is 0 Å². The van der Waals surface area contributed by atoms with Crippen molar-refractivity contribution in [1.82, 2.24) is 5.32 Å². The molecule has 1 aliphatic rings. The van der Waals surface area contributed by atoms with Crippen LogP contribution in [0.15, 0.2) is 18.2 Å². The highest BCUT2D eigenvalue weighted by atomic mass is 16.6. The zero-order valence-corrected chi connectivity index (χ0v) is 13.0. The Bertz CT molecular complexity index is 567. The van der Waals surface area contributed by atoms with E-state index in [1.807, 2.05) is 0 Å². The number of aromatic hydroxyl groups is 1. The van der Waals surface area contributed by atoms with Crippen LogP contribution in [-0.2, 0) is 9.47 Å². The third kappa shape index (κ3) is 3.73. The molecule has 0 bridgehead atoms. The normalized spacial score (nSPS) is 30.9. The maximum atomic E-state index is 12.0. The fourth-order valence-corrected chi connectivity index (χ4v) is 2.65. The molecule has 2 unspecified atom stereocenters. The molecular weight excluding hydrogens is 304 g/mol. The molecule has 1 aliphatic heterocycles. The molecule has 8 heteroatoms. The molecule has 23 heavy (non-hydrogen) atoms. The summed E-state index contributed by atoms with van der Waals surface area (Å²) < 4.78 is 10.6. The number of rotatable bonds is 4. The molecule has 0 spiro atoms. The SMILES string of the molecule is CNC1[C@@H](C)OC(COC(=O)c2cc(N)ccc2O)[C@H](O)[C@H]1O. The zero-order valence-electron chi connectivity index (χ0n) is 13.0. The van der Waals surface area contributed by atoms with Crippen LogP contribution < -0.4 is 11.1 Å². The first kappa shape index (κ1) is 17.5. The lowest BCUT2D eigenvalue weighted by Gasteiger charge is -2.41. The number of hydrogen-bond donors (Lipinski definition) is 5. The van der Waals surface area contributed by atoms with Crippen molar-refractivity contribution in [2.45, 2.75) is 37.4 Å². The molecule has 0 amide bonds. The van der Waals surface area contributed by atoms with Crippen LogP contribution in [0.4, 0.5) is 5.69 Å². The third-order valence-corrected chi connectivity index (χ3v) is 3.95. The standard InChI is InChI=1S/C15H22N2O6/c1-7-12(17-2)14(20)13(19)11(23-7)6-22-15(21)9-5-8(16)3-4-10(9)18/h3-5,7,11-14,17-20H,6,16H2,1-2H3/t7-,11?,12?,13+,14+/m1/s1. The van der Waals surface area contributed by atoms with Crippen LogP contribution >= 0.6 is 0 Å². The van der Waals surface area contributed by atoms with Crippen molar-refractivity contribution in [1.29, 1.82) is 0 Å². The predicted octanol–water partition coefficient (Wildman–Crippen LogP) is -0.772. The fourth-order valence-electron chi connectivity index (χ4n) is 2.65. The van der Waals surface area contributed by atoms with Crippen LogP contribution in [0.5, 0.6) is 5.75 Å². The number of ether oxygens (including phenoxy) is 2. The lowest BCUT2D eigenvalue weighted by Crippen LogP contribution is -2.62. The van der Waals surface area contributed by atoms with Gasteiger partial charge in [-0.2, -0.15) is 0 Å². The Labute approximate surface area is 133 Å². The summed E-state index contributed by atoms with van der Waals surface area (Å²) in [6.45, 7) is 1.49. The summed E-state index contributed by atoms with van der Waals surface area (Å²) in [4.78, 5) is 12.0. The number of aliphatic hydroxyl groups is 2. The van der Waals surface area contributed by atoms with E-state index in [4.69, 9.17) is 15.2 Å².